The molecule has 2 nitrogen and oxygen atoms in total. The Morgan fingerprint density at radius 2 is 2.24 bits per heavy atom. The van der Waals surface area contributed by atoms with Gasteiger partial charge >= 0.3 is 0 Å². The molecule has 2 aromatic rings. The van der Waals surface area contributed by atoms with Gasteiger partial charge < -0.3 is 10.2 Å². The van der Waals surface area contributed by atoms with Gasteiger partial charge in [-0.15, -0.1) is 11.3 Å². The lowest BCUT2D eigenvalue weighted by Gasteiger charge is -2.30. The van der Waals surface area contributed by atoms with Crippen molar-refractivity contribution in [3.8, 4) is 0 Å². The average Bonchev–Trinajstić information content (AvgIpc) is 3.09. The molecule has 112 valence electrons. The van der Waals surface area contributed by atoms with E-state index >= 15 is 0 Å². The van der Waals surface area contributed by atoms with E-state index in [1.807, 2.05) is 18.5 Å². The molecule has 0 saturated carbocycles. The first-order valence-corrected chi connectivity index (χ1v) is 8.01. The minimum absolute atomic E-state index is 0.167. The van der Waals surface area contributed by atoms with Crippen molar-refractivity contribution in [1.82, 2.24) is 5.32 Å². The van der Waals surface area contributed by atoms with Gasteiger partial charge in [-0.2, -0.15) is 0 Å². The monoisotopic (exact) mass is 308 g/mol. The Kier molecular flexibility index (Phi) is 4.22. The summed E-state index contributed by atoms with van der Waals surface area (Å²) in [6.07, 6.45) is 1.55. The maximum atomic E-state index is 13.9. The fourth-order valence-electron chi connectivity index (χ4n) is 2.98. The summed E-state index contributed by atoms with van der Waals surface area (Å²) in [5.74, 6) is -0.928. The maximum Gasteiger partial charge on any atom is 0.131 e. The number of hydrogen-bond donors (Lipinski definition) is 1. The molecule has 1 aromatic heterocycles. The van der Waals surface area contributed by atoms with Gasteiger partial charge in [-0.05, 0) is 43.9 Å². The minimum Gasteiger partial charge on any atom is -0.363 e. The van der Waals surface area contributed by atoms with Crippen LogP contribution >= 0.6 is 11.3 Å². The Labute approximate surface area is 127 Å². The summed E-state index contributed by atoms with van der Waals surface area (Å²) in [5, 5.41) is 5.21. The number of halogens is 2. The van der Waals surface area contributed by atoms with Crippen molar-refractivity contribution in [3.63, 3.8) is 0 Å². The Hall–Kier alpha value is -1.46. The summed E-state index contributed by atoms with van der Waals surface area (Å²) in [6, 6.07) is 6.73. The van der Waals surface area contributed by atoms with E-state index in [0.29, 0.717) is 17.7 Å². The van der Waals surface area contributed by atoms with Gasteiger partial charge in [0.1, 0.15) is 11.6 Å². The summed E-state index contributed by atoms with van der Waals surface area (Å²) in [7, 11) is 1.92. The van der Waals surface area contributed by atoms with Crippen LogP contribution < -0.4 is 10.2 Å². The maximum absolute atomic E-state index is 13.9. The minimum atomic E-state index is -0.503. The fraction of sp³-hybridized carbons (Fsp3) is 0.375. The van der Waals surface area contributed by atoms with Gasteiger partial charge in [0.25, 0.3) is 0 Å². The third-order valence-corrected chi connectivity index (χ3v) is 4.94. The predicted molar refractivity (Wildman–Crippen MR) is 83.0 cm³/mol. The smallest absolute Gasteiger partial charge is 0.131 e. The lowest BCUT2D eigenvalue weighted by molar-refractivity contribution is 0.571. The molecule has 1 atom stereocenters. The summed E-state index contributed by atoms with van der Waals surface area (Å²) < 4.78 is 27.5. The first-order valence-electron chi connectivity index (χ1n) is 7.13. The van der Waals surface area contributed by atoms with Crippen molar-refractivity contribution >= 4 is 17.0 Å². The van der Waals surface area contributed by atoms with Gasteiger partial charge in [0.2, 0.25) is 0 Å². The van der Waals surface area contributed by atoms with Crippen LogP contribution in [0.25, 0.3) is 0 Å². The fourth-order valence-corrected chi connectivity index (χ4v) is 3.86. The summed E-state index contributed by atoms with van der Waals surface area (Å²) in [5.41, 5.74) is 1.35. The molecular weight excluding hydrogens is 290 g/mol. The molecule has 2 heterocycles. The van der Waals surface area contributed by atoms with Gasteiger partial charge in [-0.25, -0.2) is 8.78 Å². The number of rotatable bonds is 5. The number of nitrogens with one attached hydrogen (secondary N) is 1. The molecule has 1 aromatic carbocycles. The summed E-state index contributed by atoms with van der Waals surface area (Å²) in [6.45, 7) is 1.61. The third-order valence-electron chi connectivity index (χ3n) is 3.96. The average molecular weight is 308 g/mol. The molecule has 0 fully saturated rings. The van der Waals surface area contributed by atoms with Crippen molar-refractivity contribution in [3.05, 3.63) is 51.7 Å². The van der Waals surface area contributed by atoms with Crippen LogP contribution in [0.15, 0.2) is 29.6 Å². The number of thiophene rings is 1. The van der Waals surface area contributed by atoms with Gasteiger partial charge in [0, 0.05) is 28.7 Å². The normalized spacial score (nSPS) is 15.3. The molecule has 0 spiro atoms. The van der Waals surface area contributed by atoms with Crippen molar-refractivity contribution in [2.75, 3.05) is 25.0 Å². The number of hydrogen-bond acceptors (Lipinski definition) is 3. The van der Waals surface area contributed by atoms with Crippen LogP contribution in [0.4, 0.5) is 14.5 Å². The molecular formula is C16H18F2N2S. The highest BCUT2D eigenvalue weighted by Crippen LogP contribution is 2.39. The van der Waals surface area contributed by atoms with Crippen LogP contribution in [0.5, 0.6) is 0 Å². The number of anilines is 1. The van der Waals surface area contributed by atoms with Crippen LogP contribution in [0.3, 0.4) is 0 Å². The van der Waals surface area contributed by atoms with Crippen LogP contribution in [-0.2, 0) is 6.42 Å². The van der Waals surface area contributed by atoms with E-state index in [9.17, 15) is 8.78 Å². The lowest BCUT2D eigenvalue weighted by Crippen LogP contribution is -2.28. The first kappa shape index (κ1) is 14.5. The topological polar surface area (TPSA) is 15.3 Å². The van der Waals surface area contributed by atoms with Crippen molar-refractivity contribution < 1.29 is 8.78 Å². The third kappa shape index (κ3) is 2.80. The number of benzene rings is 1. The molecule has 1 aliphatic heterocycles. The largest absolute Gasteiger partial charge is 0.363 e. The highest BCUT2D eigenvalue weighted by Gasteiger charge is 2.30. The van der Waals surface area contributed by atoms with E-state index in [4.69, 9.17) is 0 Å². The Balaban J connectivity index is 1.96. The molecule has 0 bridgehead atoms. The Morgan fingerprint density at radius 1 is 1.38 bits per heavy atom. The second kappa shape index (κ2) is 6.12. The van der Waals surface area contributed by atoms with E-state index in [1.54, 1.807) is 11.3 Å². The van der Waals surface area contributed by atoms with E-state index in [2.05, 4.69) is 16.3 Å². The lowest BCUT2D eigenvalue weighted by atomic mass is 10.1. The summed E-state index contributed by atoms with van der Waals surface area (Å²) >= 11 is 1.69. The van der Waals surface area contributed by atoms with Crippen molar-refractivity contribution in [2.45, 2.75) is 18.9 Å². The quantitative estimate of drug-likeness (QED) is 0.905. The zero-order chi connectivity index (χ0) is 14.8. The van der Waals surface area contributed by atoms with Crippen LogP contribution in [0, 0.1) is 11.6 Å². The van der Waals surface area contributed by atoms with Gasteiger partial charge in [0.05, 0.1) is 6.04 Å². The molecule has 21 heavy (non-hydrogen) atoms. The Bertz CT molecular complexity index is 613. The highest BCUT2D eigenvalue weighted by atomic mass is 32.1. The first-order chi connectivity index (χ1) is 10.2. The van der Waals surface area contributed by atoms with Crippen molar-refractivity contribution in [1.29, 1.82) is 0 Å². The highest BCUT2D eigenvalue weighted by molar-refractivity contribution is 7.10. The molecule has 1 N–H and O–H groups in total. The summed E-state index contributed by atoms with van der Waals surface area (Å²) in [4.78, 5) is 3.38. The molecule has 0 saturated heterocycles. The van der Waals surface area contributed by atoms with Gasteiger partial charge in [0.15, 0.2) is 0 Å². The second-order valence-corrected chi connectivity index (χ2v) is 6.23. The predicted octanol–water partition coefficient (Wildman–Crippen LogP) is 3.74. The van der Waals surface area contributed by atoms with Crippen molar-refractivity contribution in [2.24, 2.45) is 0 Å². The van der Waals surface area contributed by atoms with Gasteiger partial charge in [-0.1, -0.05) is 6.07 Å². The molecule has 5 heteroatoms. The molecule has 1 unspecified atom stereocenters. The van der Waals surface area contributed by atoms with E-state index in [0.717, 1.165) is 25.6 Å². The molecule has 0 amide bonds. The van der Waals surface area contributed by atoms with Gasteiger partial charge in [-0.3, -0.25) is 0 Å². The molecule has 0 aliphatic carbocycles. The van der Waals surface area contributed by atoms with E-state index in [-0.39, 0.29) is 6.04 Å². The zero-order valence-electron chi connectivity index (χ0n) is 11.9. The van der Waals surface area contributed by atoms with E-state index < -0.39 is 11.6 Å². The molecule has 3 rings (SSSR count). The number of nitrogens with zero attached hydrogens (tertiary/aromatic N) is 1. The molecule has 1 aliphatic rings. The molecule has 0 radical (unpaired) electrons. The standard InChI is InChI=1S/C16H18F2N2S/c1-19-6-4-14(16-3-2-8-21-16)20-7-5-12-13(18)9-11(17)10-15(12)20/h2-3,8-10,14,19H,4-7H2,1H3. The SMILES string of the molecule is CNCCC(c1cccs1)N1CCc2c(F)cc(F)cc21. The second-order valence-electron chi connectivity index (χ2n) is 5.25. The van der Waals surface area contributed by atoms with Crippen LogP contribution in [0.2, 0.25) is 0 Å². The van der Waals surface area contributed by atoms with E-state index in [1.165, 1.54) is 10.9 Å². The van der Waals surface area contributed by atoms with Crippen LogP contribution in [-0.4, -0.2) is 20.1 Å². The zero-order valence-corrected chi connectivity index (χ0v) is 12.7. The van der Waals surface area contributed by atoms with Crippen LogP contribution in [0.1, 0.15) is 22.9 Å². The number of fused-ring (bicyclic) bond motifs is 1. The Morgan fingerprint density at radius 3 is 2.95 bits per heavy atom.